The van der Waals surface area contributed by atoms with E-state index < -0.39 is 18.2 Å². The summed E-state index contributed by atoms with van der Waals surface area (Å²) in [5, 5.41) is 15.9. The lowest BCUT2D eigenvalue weighted by Crippen LogP contribution is -2.53. The first-order valence-electron chi connectivity index (χ1n) is 9.90. The molecule has 3 fully saturated rings. The van der Waals surface area contributed by atoms with Crippen LogP contribution in [0.1, 0.15) is 32.1 Å². The number of aliphatic carboxylic acids is 1. The van der Waals surface area contributed by atoms with E-state index in [2.05, 4.69) is 16.0 Å². The summed E-state index contributed by atoms with van der Waals surface area (Å²) in [5.41, 5.74) is 0. The van der Waals surface area contributed by atoms with E-state index >= 15 is 0 Å². The fourth-order valence-electron chi connectivity index (χ4n) is 3.72. The van der Waals surface area contributed by atoms with Crippen LogP contribution >= 0.6 is 0 Å². The van der Waals surface area contributed by atoms with Crippen LogP contribution in [0.5, 0.6) is 0 Å². The highest BCUT2D eigenvalue weighted by atomic mass is 19.4. The number of alkyl halides is 3. The molecule has 2 saturated heterocycles. The number of hydrogen-bond acceptors (Lipinski definition) is 5. The Morgan fingerprint density at radius 1 is 1.10 bits per heavy atom. The van der Waals surface area contributed by atoms with E-state index in [0.717, 1.165) is 45.3 Å². The number of nitrogens with one attached hydrogen (secondary N) is 3. The van der Waals surface area contributed by atoms with Gasteiger partial charge in [-0.15, -0.1) is 0 Å². The molecule has 30 heavy (non-hydrogen) atoms. The molecule has 0 spiro atoms. The van der Waals surface area contributed by atoms with Gasteiger partial charge in [0.1, 0.15) is 6.04 Å². The van der Waals surface area contributed by atoms with E-state index in [-0.39, 0.29) is 35.6 Å². The molecule has 0 aromatic carbocycles. The minimum Gasteiger partial charge on any atom is -0.475 e. The molecule has 1 aliphatic carbocycles. The van der Waals surface area contributed by atoms with Crippen molar-refractivity contribution in [1.82, 2.24) is 20.9 Å². The summed E-state index contributed by atoms with van der Waals surface area (Å²) in [7, 11) is 1.61. The maximum Gasteiger partial charge on any atom is 0.490 e. The largest absolute Gasteiger partial charge is 0.490 e. The second-order valence-corrected chi connectivity index (χ2v) is 7.59. The molecular weight excluding hydrogens is 409 g/mol. The highest BCUT2D eigenvalue weighted by Crippen LogP contribution is 2.42. The van der Waals surface area contributed by atoms with Crippen molar-refractivity contribution in [2.24, 2.45) is 11.8 Å². The van der Waals surface area contributed by atoms with Gasteiger partial charge in [-0.2, -0.15) is 13.2 Å². The Bertz CT molecular complexity index is 661. The predicted molar refractivity (Wildman–Crippen MR) is 98.1 cm³/mol. The monoisotopic (exact) mass is 436 g/mol. The number of hydrogen-bond donors (Lipinski definition) is 4. The first kappa shape index (κ1) is 23.9. The summed E-state index contributed by atoms with van der Waals surface area (Å²) in [6, 6.07) is -0.772. The van der Waals surface area contributed by atoms with Crippen molar-refractivity contribution < 1.29 is 37.5 Å². The average Bonchev–Trinajstić information content (AvgIpc) is 3.10. The van der Waals surface area contributed by atoms with E-state index in [1.54, 1.807) is 7.05 Å². The number of carboxylic acids is 1. The summed E-state index contributed by atoms with van der Waals surface area (Å²) in [5.74, 6) is -3.16. The van der Waals surface area contributed by atoms with Crippen LogP contribution < -0.4 is 16.0 Å². The molecule has 170 valence electrons. The van der Waals surface area contributed by atoms with Gasteiger partial charge >= 0.3 is 12.1 Å². The molecule has 12 heteroatoms. The number of carboxylic acid groups (broad SMARTS) is 1. The van der Waals surface area contributed by atoms with Crippen molar-refractivity contribution in [3.05, 3.63) is 0 Å². The number of carbonyl (C=O) groups excluding carboxylic acids is 3. The van der Waals surface area contributed by atoms with Crippen LogP contribution in [0.2, 0.25) is 0 Å². The lowest BCUT2D eigenvalue weighted by molar-refractivity contribution is -0.192. The Kier molecular flexibility index (Phi) is 8.04. The zero-order valence-electron chi connectivity index (χ0n) is 16.6. The molecule has 3 rings (SSSR count). The highest BCUT2D eigenvalue weighted by molar-refractivity contribution is 5.92. The highest BCUT2D eigenvalue weighted by Gasteiger charge is 2.51. The van der Waals surface area contributed by atoms with Crippen molar-refractivity contribution in [3.63, 3.8) is 0 Å². The third-order valence-corrected chi connectivity index (χ3v) is 5.45. The van der Waals surface area contributed by atoms with E-state index in [1.807, 2.05) is 4.90 Å². The Labute approximate surface area is 171 Å². The smallest absolute Gasteiger partial charge is 0.475 e. The molecule has 4 atom stereocenters. The van der Waals surface area contributed by atoms with E-state index in [0.29, 0.717) is 6.42 Å². The Morgan fingerprint density at radius 2 is 1.70 bits per heavy atom. The van der Waals surface area contributed by atoms with Gasteiger partial charge in [-0.05, 0) is 38.6 Å². The minimum atomic E-state index is -5.08. The van der Waals surface area contributed by atoms with Crippen molar-refractivity contribution >= 4 is 23.7 Å². The lowest BCUT2D eigenvalue weighted by atomic mass is 10.1. The zero-order valence-corrected chi connectivity index (χ0v) is 16.6. The standard InChI is InChI=1S/C16H26N4O3.C2HF3O2/c1-17-14(21)11-9-10(11)13(16(23)20-7-2-3-8-20)19-15(22)12-5-4-6-18-12;3-2(4,5)1(6)7/h10-13,18H,2-9H2,1H3,(H,17,21)(H,19,22);(H,6,7)/t10-,11+,12+,13+;/m1./s1. The van der Waals surface area contributed by atoms with Crippen LogP contribution in [0.15, 0.2) is 0 Å². The average molecular weight is 436 g/mol. The molecule has 4 N–H and O–H groups in total. The van der Waals surface area contributed by atoms with Gasteiger partial charge in [-0.1, -0.05) is 0 Å². The number of nitrogens with zero attached hydrogens (tertiary/aromatic N) is 1. The summed E-state index contributed by atoms with van der Waals surface area (Å²) in [4.78, 5) is 47.7. The molecule has 0 unspecified atom stereocenters. The van der Waals surface area contributed by atoms with Crippen LogP contribution in [0, 0.1) is 11.8 Å². The van der Waals surface area contributed by atoms with Crippen molar-refractivity contribution in [2.75, 3.05) is 26.7 Å². The third kappa shape index (κ3) is 6.31. The molecule has 1 saturated carbocycles. The van der Waals surface area contributed by atoms with Gasteiger partial charge in [-0.25, -0.2) is 4.79 Å². The summed E-state index contributed by atoms with van der Waals surface area (Å²) >= 11 is 0. The van der Waals surface area contributed by atoms with Gasteiger partial charge in [0.05, 0.1) is 6.04 Å². The van der Waals surface area contributed by atoms with Crippen molar-refractivity contribution in [3.8, 4) is 0 Å². The number of amides is 3. The predicted octanol–water partition coefficient (Wildman–Crippen LogP) is -0.139. The zero-order chi connectivity index (χ0) is 22.5. The third-order valence-electron chi connectivity index (χ3n) is 5.45. The molecule has 0 aromatic heterocycles. The molecule has 2 heterocycles. The molecule has 0 bridgehead atoms. The molecule has 3 amide bonds. The Balaban J connectivity index is 0.000000396. The second-order valence-electron chi connectivity index (χ2n) is 7.59. The molecule has 2 aliphatic heterocycles. The lowest BCUT2D eigenvalue weighted by Gasteiger charge is -2.25. The van der Waals surface area contributed by atoms with Gasteiger partial charge in [0, 0.05) is 32.0 Å². The summed E-state index contributed by atoms with van der Waals surface area (Å²) in [6.07, 6.45) is -0.602. The Hall–Kier alpha value is -2.37. The number of halogens is 3. The van der Waals surface area contributed by atoms with E-state index in [9.17, 15) is 27.6 Å². The fourth-order valence-corrected chi connectivity index (χ4v) is 3.72. The fraction of sp³-hybridized carbons (Fsp3) is 0.778. The van der Waals surface area contributed by atoms with Crippen molar-refractivity contribution in [1.29, 1.82) is 0 Å². The maximum atomic E-state index is 12.8. The van der Waals surface area contributed by atoms with Gasteiger partial charge in [0.15, 0.2) is 0 Å². The topological polar surface area (TPSA) is 128 Å². The Morgan fingerprint density at radius 3 is 2.17 bits per heavy atom. The van der Waals surface area contributed by atoms with Crippen LogP contribution in [0.4, 0.5) is 13.2 Å². The molecule has 0 radical (unpaired) electrons. The minimum absolute atomic E-state index is 0.0229. The van der Waals surface area contributed by atoms with Crippen LogP contribution in [-0.4, -0.2) is 78.6 Å². The molecule has 9 nitrogen and oxygen atoms in total. The van der Waals surface area contributed by atoms with Gasteiger partial charge in [0.2, 0.25) is 17.7 Å². The van der Waals surface area contributed by atoms with Crippen LogP contribution in [0.3, 0.4) is 0 Å². The first-order valence-corrected chi connectivity index (χ1v) is 9.90. The van der Waals surface area contributed by atoms with Gasteiger partial charge in [-0.3, -0.25) is 14.4 Å². The quantitative estimate of drug-likeness (QED) is 0.475. The second kappa shape index (κ2) is 10.1. The molecular formula is C18H27F3N4O5. The van der Waals surface area contributed by atoms with Crippen LogP contribution in [0.25, 0.3) is 0 Å². The van der Waals surface area contributed by atoms with Gasteiger partial charge in [0.25, 0.3) is 0 Å². The first-order chi connectivity index (χ1) is 14.1. The SMILES string of the molecule is CNC(=O)[C@H]1C[C@H]1[C@H](NC(=O)[C@@H]1CCCN1)C(=O)N1CCCC1.O=C(O)C(F)(F)F. The van der Waals surface area contributed by atoms with Gasteiger partial charge < -0.3 is 26.0 Å². The normalized spacial score (nSPS) is 26.3. The molecule has 0 aromatic rings. The van der Waals surface area contributed by atoms with E-state index in [1.165, 1.54) is 0 Å². The van der Waals surface area contributed by atoms with E-state index in [4.69, 9.17) is 9.90 Å². The molecule has 3 aliphatic rings. The maximum absolute atomic E-state index is 12.8. The number of rotatable bonds is 5. The van der Waals surface area contributed by atoms with Crippen molar-refractivity contribution in [2.45, 2.75) is 50.4 Å². The number of likely N-dealkylation sites (tertiary alicyclic amines) is 1. The number of carbonyl (C=O) groups is 4. The van der Waals surface area contributed by atoms with Crippen LogP contribution in [-0.2, 0) is 19.2 Å². The summed E-state index contributed by atoms with van der Waals surface area (Å²) in [6.45, 7) is 2.35. The summed E-state index contributed by atoms with van der Waals surface area (Å²) < 4.78 is 31.7.